The number of rotatable bonds is 8. The van der Waals surface area contributed by atoms with Gasteiger partial charge in [-0.2, -0.15) is 0 Å². The van der Waals surface area contributed by atoms with Crippen molar-refractivity contribution >= 4 is 41.5 Å². The Hall–Kier alpha value is -2.16. The fourth-order valence-electron chi connectivity index (χ4n) is 2.77. The van der Waals surface area contributed by atoms with Crippen LogP contribution in [-0.2, 0) is 17.8 Å². The number of nitrogens with one attached hydrogen (secondary N) is 3. The van der Waals surface area contributed by atoms with Crippen LogP contribution < -0.4 is 16.0 Å². The molecule has 0 fully saturated rings. The lowest BCUT2D eigenvalue weighted by atomic mass is 10.1. The molecule has 0 aromatic heterocycles. The number of amides is 1. The van der Waals surface area contributed by atoms with Gasteiger partial charge in [0.05, 0.1) is 0 Å². The molecule has 2 aromatic rings. The molecule has 3 N–H and O–H groups in total. The monoisotopic (exact) mass is 512 g/mol. The molecule has 0 heterocycles. The number of hydrogen-bond acceptors (Lipinski definition) is 2. The topological polar surface area (TPSA) is 65.5 Å². The molecule has 2 aromatic carbocycles. The van der Waals surface area contributed by atoms with Crippen molar-refractivity contribution in [1.82, 2.24) is 10.6 Å². The van der Waals surface area contributed by atoms with Crippen LogP contribution in [0.2, 0.25) is 0 Å². The van der Waals surface area contributed by atoms with E-state index >= 15 is 0 Å². The van der Waals surface area contributed by atoms with Gasteiger partial charge in [-0.15, -0.1) is 24.0 Å². The van der Waals surface area contributed by atoms with E-state index in [9.17, 15) is 9.18 Å². The fourth-order valence-corrected chi connectivity index (χ4v) is 2.77. The molecular weight excluding hydrogens is 482 g/mol. The van der Waals surface area contributed by atoms with Crippen molar-refractivity contribution in [3.63, 3.8) is 0 Å². The number of nitrogens with zero attached hydrogens (tertiary/aromatic N) is 1. The Labute approximate surface area is 189 Å². The molecule has 0 spiro atoms. The second kappa shape index (κ2) is 13.1. The standard InChI is InChI=1S/C22H29FN4O.HI/c1-16(2)12-21(28)27-20-9-5-7-18(14-20)15-26-22(24-3)25-11-10-17-6-4-8-19(23)13-17;/h4-9,13-14,16H,10-12,15H2,1-3H3,(H,27,28)(H2,24,25,26);1H. The lowest BCUT2D eigenvalue weighted by Gasteiger charge is -2.13. The molecule has 0 unspecified atom stereocenters. The summed E-state index contributed by atoms with van der Waals surface area (Å²) in [6.45, 7) is 5.27. The van der Waals surface area contributed by atoms with Gasteiger partial charge in [0.1, 0.15) is 5.82 Å². The van der Waals surface area contributed by atoms with Gasteiger partial charge in [0.2, 0.25) is 5.91 Å². The van der Waals surface area contributed by atoms with Crippen LogP contribution in [0.4, 0.5) is 10.1 Å². The third kappa shape index (κ3) is 9.74. The molecule has 7 heteroatoms. The first kappa shape index (κ1) is 24.9. The van der Waals surface area contributed by atoms with Crippen molar-refractivity contribution in [2.45, 2.75) is 33.2 Å². The fraction of sp³-hybridized carbons (Fsp3) is 0.364. The summed E-state index contributed by atoms with van der Waals surface area (Å²) >= 11 is 0. The van der Waals surface area contributed by atoms with Crippen LogP contribution in [-0.4, -0.2) is 25.5 Å². The smallest absolute Gasteiger partial charge is 0.224 e. The molecule has 0 aliphatic heterocycles. The van der Waals surface area contributed by atoms with E-state index in [0.29, 0.717) is 37.8 Å². The molecule has 0 aliphatic carbocycles. The number of carbonyl (C=O) groups is 1. The van der Waals surface area contributed by atoms with Gasteiger partial charge in [-0.1, -0.05) is 38.1 Å². The Morgan fingerprint density at radius 3 is 2.48 bits per heavy atom. The number of guanidine groups is 1. The minimum absolute atomic E-state index is 0. The van der Waals surface area contributed by atoms with E-state index < -0.39 is 0 Å². The number of carbonyl (C=O) groups excluding carboxylic acids is 1. The van der Waals surface area contributed by atoms with Gasteiger partial charge in [0, 0.05) is 32.2 Å². The van der Waals surface area contributed by atoms with Crippen molar-refractivity contribution in [2.75, 3.05) is 18.9 Å². The first-order valence-corrected chi connectivity index (χ1v) is 9.54. The maximum absolute atomic E-state index is 13.2. The lowest BCUT2D eigenvalue weighted by molar-refractivity contribution is -0.116. The van der Waals surface area contributed by atoms with E-state index in [1.54, 1.807) is 13.1 Å². The summed E-state index contributed by atoms with van der Waals surface area (Å²) in [6.07, 6.45) is 1.21. The minimum atomic E-state index is -0.222. The van der Waals surface area contributed by atoms with E-state index in [2.05, 4.69) is 20.9 Å². The average Bonchev–Trinajstić information content (AvgIpc) is 2.64. The summed E-state index contributed by atoms with van der Waals surface area (Å²) in [5, 5.41) is 9.40. The second-order valence-corrected chi connectivity index (χ2v) is 7.08. The summed E-state index contributed by atoms with van der Waals surface area (Å²) in [4.78, 5) is 16.1. The Bertz CT molecular complexity index is 811. The largest absolute Gasteiger partial charge is 0.356 e. The van der Waals surface area contributed by atoms with Crippen LogP contribution in [0.1, 0.15) is 31.4 Å². The molecule has 0 saturated carbocycles. The SMILES string of the molecule is CN=C(NCCc1cccc(F)c1)NCc1cccc(NC(=O)CC(C)C)c1.I. The van der Waals surface area contributed by atoms with E-state index in [-0.39, 0.29) is 35.7 Å². The van der Waals surface area contributed by atoms with Crippen LogP contribution in [0.15, 0.2) is 53.5 Å². The Morgan fingerprint density at radius 2 is 1.79 bits per heavy atom. The zero-order valence-corrected chi connectivity index (χ0v) is 19.5. The van der Waals surface area contributed by atoms with Crippen molar-refractivity contribution in [3.8, 4) is 0 Å². The first-order valence-electron chi connectivity index (χ1n) is 9.54. The maximum Gasteiger partial charge on any atom is 0.224 e. The summed E-state index contributed by atoms with van der Waals surface area (Å²) in [6, 6.07) is 14.3. The summed E-state index contributed by atoms with van der Waals surface area (Å²) in [5.41, 5.74) is 2.77. The molecule has 2 rings (SSSR count). The van der Waals surface area contributed by atoms with Crippen LogP contribution >= 0.6 is 24.0 Å². The van der Waals surface area contributed by atoms with E-state index in [0.717, 1.165) is 16.8 Å². The number of anilines is 1. The molecule has 0 saturated heterocycles. The number of hydrogen-bond donors (Lipinski definition) is 3. The summed E-state index contributed by atoms with van der Waals surface area (Å²) < 4.78 is 13.2. The zero-order valence-electron chi connectivity index (χ0n) is 17.2. The zero-order chi connectivity index (χ0) is 20.4. The molecule has 0 radical (unpaired) electrons. The predicted molar refractivity (Wildman–Crippen MR) is 128 cm³/mol. The van der Waals surface area contributed by atoms with Gasteiger partial charge < -0.3 is 16.0 Å². The van der Waals surface area contributed by atoms with E-state index in [4.69, 9.17) is 0 Å². The highest BCUT2D eigenvalue weighted by molar-refractivity contribution is 14.0. The van der Waals surface area contributed by atoms with Gasteiger partial charge in [0.15, 0.2) is 5.96 Å². The van der Waals surface area contributed by atoms with Crippen LogP contribution in [0, 0.1) is 11.7 Å². The number of aliphatic imine (C=N–C) groups is 1. The summed E-state index contributed by atoms with van der Waals surface area (Å²) in [5.74, 6) is 0.799. The molecular formula is C22H30FIN4O. The average molecular weight is 512 g/mol. The Balaban J connectivity index is 0.00000420. The molecule has 29 heavy (non-hydrogen) atoms. The van der Waals surface area contributed by atoms with Gasteiger partial charge in [0.25, 0.3) is 0 Å². The first-order chi connectivity index (χ1) is 13.5. The number of halogens is 2. The molecule has 158 valence electrons. The molecule has 1 amide bonds. The predicted octanol–water partition coefficient (Wildman–Crippen LogP) is 4.34. The van der Waals surface area contributed by atoms with Crippen molar-refractivity contribution in [2.24, 2.45) is 10.9 Å². The van der Waals surface area contributed by atoms with Gasteiger partial charge >= 0.3 is 0 Å². The quantitative estimate of drug-likeness (QED) is 0.280. The van der Waals surface area contributed by atoms with Gasteiger partial charge in [-0.05, 0) is 47.7 Å². The Kier molecular flexibility index (Phi) is 11.3. The van der Waals surface area contributed by atoms with Gasteiger partial charge in [-0.3, -0.25) is 9.79 Å². The highest BCUT2D eigenvalue weighted by atomic mass is 127. The molecule has 5 nitrogen and oxygen atoms in total. The Morgan fingerprint density at radius 1 is 1.07 bits per heavy atom. The van der Waals surface area contributed by atoms with Gasteiger partial charge in [-0.25, -0.2) is 4.39 Å². The maximum atomic E-state index is 13.2. The lowest BCUT2D eigenvalue weighted by Crippen LogP contribution is -2.37. The molecule has 0 bridgehead atoms. The van der Waals surface area contributed by atoms with Crippen molar-refractivity contribution < 1.29 is 9.18 Å². The minimum Gasteiger partial charge on any atom is -0.356 e. The summed E-state index contributed by atoms with van der Waals surface area (Å²) in [7, 11) is 1.71. The molecule has 0 atom stereocenters. The highest BCUT2D eigenvalue weighted by Gasteiger charge is 2.06. The van der Waals surface area contributed by atoms with Crippen LogP contribution in [0.5, 0.6) is 0 Å². The third-order valence-corrected chi connectivity index (χ3v) is 4.08. The van der Waals surface area contributed by atoms with Crippen molar-refractivity contribution in [3.05, 3.63) is 65.5 Å². The van der Waals surface area contributed by atoms with Crippen LogP contribution in [0.25, 0.3) is 0 Å². The third-order valence-electron chi connectivity index (χ3n) is 4.08. The normalized spacial score (nSPS) is 11.0. The molecule has 0 aliphatic rings. The van der Waals surface area contributed by atoms with Crippen LogP contribution in [0.3, 0.4) is 0 Å². The van der Waals surface area contributed by atoms with Crippen molar-refractivity contribution in [1.29, 1.82) is 0 Å². The van der Waals surface area contributed by atoms with E-state index in [1.165, 1.54) is 12.1 Å². The number of benzene rings is 2. The second-order valence-electron chi connectivity index (χ2n) is 7.08. The highest BCUT2D eigenvalue weighted by Crippen LogP contribution is 2.12. The van der Waals surface area contributed by atoms with E-state index in [1.807, 2.05) is 44.2 Å².